The Bertz CT molecular complexity index is 1690. The number of halogens is 6. The van der Waals surface area contributed by atoms with Crippen molar-refractivity contribution in [3.63, 3.8) is 0 Å². The molecule has 3 heterocycles. The molecule has 0 unspecified atom stereocenters. The van der Waals surface area contributed by atoms with Crippen LogP contribution in [0.15, 0.2) is 102 Å². The second-order valence-electron chi connectivity index (χ2n) is 9.95. The molecule has 4 aromatic rings. The van der Waals surface area contributed by atoms with Gasteiger partial charge in [0.15, 0.2) is 0 Å². The molecule has 0 atom stereocenters. The largest absolute Gasteiger partial charge is 0.418 e. The summed E-state index contributed by atoms with van der Waals surface area (Å²) in [6, 6.07) is 19.6. The zero-order valence-corrected chi connectivity index (χ0v) is 21.9. The lowest BCUT2D eigenvalue weighted by Gasteiger charge is -2.29. The van der Waals surface area contributed by atoms with Crippen molar-refractivity contribution in [3.8, 4) is 11.3 Å². The van der Waals surface area contributed by atoms with E-state index in [4.69, 9.17) is 4.99 Å². The van der Waals surface area contributed by atoms with E-state index in [1.807, 2.05) is 18.3 Å². The van der Waals surface area contributed by atoms with Gasteiger partial charge in [-0.15, -0.1) is 0 Å². The Morgan fingerprint density at radius 1 is 0.833 bits per heavy atom. The van der Waals surface area contributed by atoms with Crippen molar-refractivity contribution in [1.82, 2.24) is 9.88 Å². The van der Waals surface area contributed by atoms with Crippen molar-refractivity contribution in [3.05, 3.63) is 125 Å². The van der Waals surface area contributed by atoms with Gasteiger partial charge in [-0.2, -0.15) is 26.3 Å². The summed E-state index contributed by atoms with van der Waals surface area (Å²) in [5.41, 5.74) is 2.21. The van der Waals surface area contributed by atoms with E-state index < -0.39 is 23.5 Å². The highest BCUT2D eigenvalue weighted by Gasteiger charge is 2.34. The normalized spacial score (nSPS) is 15.9. The first kappa shape index (κ1) is 27.4. The highest BCUT2D eigenvalue weighted by atomic mass is 19.4. The van der Waals surface area contributed by atoms with Crippen molar-refractivity contribution in [2.45, 2.75) is 25.3 Å². The van der Waals surface area contributed by atoms with E-state index in [1.54, 1.807) is 12.1 Å². The average molecular weight is 580 g/mol. The fourth-order valence-electron chi connectivity index (χ4n) is 5.05. The molecule has 42 heavy (non-hydrogen) atoms. The zero-order valence-electron chi connectivity index (χ0n) is 21.9. The minimum Gasteiger partial charge on any atom is -0.370 e. The molecule has 0 fully saturated rings. The van der Waals surface area contributed by atoms with Crippen molar-refractivity contribution >= 4 is 17.2 Å². The van der Waals surface area contributed by atoms with Crippen LogP contribution in [0.5, 0.6) is 0 Å². The quantitative estimate of drug-likeness (QED) is 0.242. The van der Waals surface area contributed by atoms with Gasteiger partial charge in [0.1, 0.15) is 11.7 Å². The maximum absolute atomic E-state index is 13.7. The van der Waals surface area contributed by atoms with E-state index in [9.17, 15) is 26.3 Å². The maximum atomic E-state index is 13.7. The summed E-state index contributed by atoms with van der Waals surface area (Å²) in [4.78, 5) is 10.8. The lowest BCUT2D eigenvalue weighted by molar-refractivity contribution is -0.138. The Labute approximate surface area is 237 Å². The molecule has 0 radical (unpaired) electrons. The van der Waals surface area contributed by atoms with Gasteiger partial charge in [0.2, 0.25) is 0 Å². The molecule has 0 spiro atoms. The van der Waals surface area contributed by atoms with Crippen LogP contribution < -0.4 is 10.6 Å². The van der Waals surface area contributed by atoms with Gasteiger partial charge in [-0.25, -0.2) is 4.99 Å². The van der Waals surface area contributed by atoms with Gasteiger partial charge >= 0.3 is 12.4 Å². The lowest BCUT2D eigenvalue weighted by atomic mass is 10.00. The van der Waals surface area contributed by atoms with E-state index in [1.165, 1.54) is 41.6 Å². The summed E-state index contributed by atoms with van der Waals surface area (Å²) < 4.78 is 80.5. The van der Waals surface area contributed by atoms with Crippen LogP contribution in [0, 0.1) is 0 Å². The van der Waals surface area contributed by atoms with Crippen LogP contribution in [0.3, 0.4) is 0 Å². The second kappa shape index (κ2) is 10.6. The van der Waals surface area contributed by atoms with Crippen molar-refractivity contribution in [1.29, 1.82) is 0 Å². The standard InChI is InChI=1S/C31H23F6N5/c32-30(33,34)22-8-10-23(11-9-22)39-29-24-12-7-20(28-25(31(35,36)37)6-3-14-38-28)16-26(24)40-27(41-29)18-42-15-13-19-4-1-2-5-21(19)17-42/h1-12,14,16,18,40H,13,15,17H2,(H,39,41). The van der Waals surface area contributed by atoms with E-state index in [0.29, 0.717) is 35.1 Å². The Kier molecular flexibility index (Phi) is 6.88. The van der Waals surface area contributed by atoms with Crippen LogP contribution in [-0.4, -0.2) is 22.3 Å². The van der Waals surface area contributed by atoms with Gasteiger partial charge in [0.25, 0.3) is 0 Å². The van der Waals surface area contributed by atoms with Gasteiger partial charge in [-0.05, 0) is 66.1 Å². The number of anilines is 2. The number of rotatable bonds is 3. The highest BCUT2D eigenvalue weighted by molar-refractivity contribution is 6.14. The molecular formula is C31H23F6N5. The molecule has 0 amide bonds. The van der Waals surface area contributed by atoms with Crippen LogP contribution in [0.4, 0.5) is 37.7 Å². The molecule has 5 nitrogen and oxygen atoms in total. The summed E-state index contributed by atoms with van der Waals surface area (Å²) in [5.74, 6) is 0.751. The summed E-state index contributed by atoms with van der Waals surface area (Å²) in [6.45, 7) is 1.38. The minimum atomic E-state index is -4.60. The number of fused-ring (bicyclic) bond motifs is 2. The predicted octanol–water partition coefficient (Wildman–Crippen LogP) is 7.93. The molecule has 1 aromatic heterocycles. The minimum absolute atomic E-state index is 0.215. The van der Waals surface area contributed by atoms with Gasteiger partial charge in [0.05, 0.1) is 22.5 Å². The molecule has 0 aliphatic carbocycles. The van der Waals surface area contributed by atoms with Gasteiger partial charge in [0, 0.05) is 42.3 Å². The van der Waals surface area contributed by atoms with Crippen LogP contribution in [0.25, 0.3) is 11.3 Å². The summed E-state index contributed by atoms with van der Waals surface area (Å²) in [6.07, 6.45) is -5.10. The van der Waals surface area contributed by atoms with Crippen LogP contribution in [0.1, 0.15) is 27.8 Å². The molecule has 0 saturated carbocycles. The first-order valence-electron chi connectivity index (χ1n) is 13.0. The summed E-state index contributed by atoms with van der Waals surface area (Å²) in [5, 5.41) is 6.30. The number of aliphatic imine (C=N–C) groups is 1. The Morgan fingerprint density at radius 2 is 1.60 bits per heavy atom. The highest BCUT2D eigenvalue weighted by Crippen LogP contribution is 2.38. The number of amidine groups is 1. The number of benzene rings is 3. The average Bonchev–Trinajstić information content (AvgIpc) is 2.96. The first-order valence-corrected chi connectivity index (χ1v) is 13.0. The van der Waals surface area contributed by atoms with Crippen molar-refractivity contribution in [2.75, 3.05) is 17.2 Å². The molecule has 3 aromatic carbocycles. The molecule has 2 aliphatic heterocycles. The molecule has 214 valence electrons. The number of hydrogen-bond donors (Lipinski definition) is 2. The number of alkyl halides is 6. The summed E-state index contributed by atoms with van der Waals surface area (Å²) >= 11 is 0. The topological polar surface area (TPSA) is 52.6 Å². The van der Waals surface area contributed by atoms with E-state index in [0.717, 1.165) is 31.2 Å². The number of nitrogens with one attached hydrogen (secondary N) is 2. The molecular weight excluding hydrogens is 556 g/mol. The number of aromatic nitrogens is 1. The first-order chi connectivity index (χ1) is 20.0. The van der Waals surface area contributed by atoms with Crippen molar-refractivity contribution < 1.29 is 26.3 Å². The molecule has 6 rings (SSSR count). The SMILES string of the molecule is FC(F)(F)c1ccc(NC2=NC(=CN3CCc4ccccc4C3)Nc3cc(-c4ncccc4C(F)(F)F)ccc32)cc1. The maximum Gasteiger partial charge on any atom is 0.418 e. The van der Waals surface area contributed by atoms with Crippen LogP contribution in [-0.2, 0) is 25.3 Å². The monoisotopic (exact) mass is 579 g/mol. The smallest absolute Gasteiger partial charge is 0.370 e. The molecule has 2 aliphatic rings. The van der Waals surface area contributed by atoms with Crippen molar-refractivity contribution in [2.24, 2.45) is 4.99 Å². The third-order valence-electron chi connectivity index (χ3n) is 7.10. The number of hydrogen-bond acceptors (Lipinski definition) is 5. The predicted molar refractivity (Wildman–Crippen MR) is 149 cm³/mol. The van der Waals surface area contributed by atoms with Gasteiger partial charge in [-0.3, -0.25) is 4.98 Å². The molecule has 0 saturated heterocycles. The zero-order chi connectivity index (χ0) is 29.5. The fourth-order valence-corrected chi connectivity index (χ4v) is 5.05. The van der Waals surface area contributed by atoms with Crippen LogP contribution >= 0.6 is 0 Å². The Balaban J connectivity index is 1.38. The Morgan fingerprint density at radius 3 is 2.33 bits per heavy atom. The van der Waals surface area contributed by atoms with E-state index in [2.05, 4.69) is 32.7 Å². The fraction of sp³-hybridized carbons (Fsp3) is 0.161. The Hall–Kier alpha value is -4.80. The van der Waals surface area contributed by atoms with E-state index >= 15 is 0 Å². The third kappa shape index (κ3) is 5.67. The number of pyridine rings is 1. The van der Waals surface area contributed by atoms with Gasteiger partial charge < -0.3 is 15.5 Å². The number of nitrogens with zero attached hydrogens (tertiary/aromatic N) is 3. The second-order valence-corrected chi connectivity index (χ2v) is 9.95. The summed E-state index contributed by atoms with van der Waals surface area (Å²) in [7, 11) is 0. The lowest BCUT2D eigenvalue weighted by Crippen LogP contribution is -2.28. The van der Waals surface area contributed by atoms with Gasteiger partial charge in [-0.1, -0.05) is 30.3 Å². The molecule has 11 heteroatoms. The molecule has 0 bridgehead atoms. The third-order valence-corrected chi connectivity index (χ3v) is 7.10. The van der Waals surface area contributed by atoms with E-state index in [-0.39, 0.29) is 11.3 Å². The van der Waals surface area contributed by atoms with Crippen LogP contribution in [0.2, 0.25) is 0 Å². The molecule has 2 N–H and O–H groups in total.